The average molecular weight is 252 g/mol. The van der Waals surface area contributed by atoms with Crippen molar-refractivity contribution in [3.8, 4) is 5.75 Å². The first-order valence-corrected chi connectivity index (χ1v) is 6.18. The maximum Gasteiger partial charge on any atom is 0.310 e. The molecule has 1 aromatic rings. The molecular weight excluding hydrogens is 232 g/mol. The zero-order chi connectivity index (χ0) is 13.5. The number of nitro benzene ring substituents is 1. The highest BCUT2D eigenvalue weighted by Crippen LogP contribution is 2.28. The van der Waals surface area contributed by atoms with Gasteiger partial charge in [0.15, 0.2) is 5.75 Å². The molecule has 1 atom stereocenters. The highest BCUT2D eigenvalue weighted by atomic mass is 16.6. The number of nitrogens with two attached hydrogens (primary N) is 1. The van der Waals surface area contributed by atoms with Gasteiger partial charge in [0.25, 0.3) is 0 Å². The van der Waals surface area contributed by atoms with Gasteiger partial charge in [-0.3, -0.25) is 10.1 Å². The summed E-state index contributed by atoms with van der Waals surface area (Å²) in [6.45, 7) is 5.01. The second kappa shape index (κ2) is 6.96. The van der Waals surface area contributed by atoms with E-state index in [9.17, 15) is 10.1 Å². The number of hydrogen-bond acceptors (Lipinski definition) is 4. The lowest BCUT2D eigenvalue weighted by Gasteiger charge is -2.12. The predicted molar refractivity (Wildman–Crippen MR) is 70.6 cm³/mol. The van der Waals surface area contributed by atoms with Gasteiger partial charge in [-0.1, -0.05) is 26.3 Å². The third-order valence-corrected chi connectivity index (χ3v) is 2.76. The molecule has 5 heteroatoms. The van der Waals surface area contributed by atoms with E-state index in [-0.39, 0.29) is 5.69 Å². The summed E-state index contributed by atoms with van der Waals surface area (Å²) in [6, 6.07) is 4.75. The van der Waals surface area contributed by atoms with Crippen molar-refractivity contribution in [3.63, 3.8) is 0 Å². The molecule has 2 N–H and O–H groups in total. The molecule has 0 fully saturated rings. The molecule has 0 saturated heterocycles. The van der Waals surface area contributed by atoms with Crippen molar-refractivity contribution in [3.05, 3.63) is 33.9 Å². The molecule has 0 aliphatic heterocycles. The third-order valence-electron chi connectivity index (χ3n) is 2.76. The minimum absolute atomic E-state index is 0.00380. The summed E-state index contributed by atoms with van der Waals surface area (Å²) in [4.78, 5) is 10.5. The Labute approximate surface area is 107 Å². The van der Waals surface area contributed by atoms with Gasteiger partial charge in [-0.15, -0.1) is 0 Å². The monoisotopic (exact) mass is 252 g/mol. The highest BCUT2D eigenvalue weighted by molar-refractivity contribution is 5.48. The molecule has 0 saturated carbocycles. The SMILES string of the molecule is CCCC(C)COc1cc(CN)ccc1[N+](=O)[O-]. The largest absolute Gasteiger partial charge is 0.487 e. The van der Waals surface area contributed by atoms with Gasteiger partial charge in [-0.05, 0) is 24.0 Å². The normalized spacial score (nSPS) is 12.2. The fourth-order valence-corrected chi connectivity index (χ4v) is 1.76. The Morgan fingerprint density at radius 3 is 2.78 bits per heavy atom. The van der Waals surface area contributed by atoms with Crippen LogP contribution in [0.3, 0.4) is 0 Å². The van der Waals surface area contributed by atoms with E-state index >= 15 is 0 Å². The second-order valence-corrected chi connectivity index (χ2v) is 4.47. The smallest absolute Gasteiger partial charge is 0.310 e. The lowest BCUT2D eigenvalue weighted by atomic mass is 10.1. The number of nitro groups is 1. The fraction of sp³-hybridized carbons (Fsp3) is 0.538. The molecule has 1 rings (SSSR count). The minimum atomic E-state index is -0.430. The molecule has 0 aliphatic rings. The van der Waals surface area contributed by atoms with Crippen LogP contribution in [0.5, 0.6) is 5.75 Å². The van der Waals surface area contributed by atoms with Crippen molar-refractivity contribution in [2.75, 3.05) is 6.61 Å². The van der Waals surface area contributed by atoms with Crippen molar-refractivity contribution in [2.24, 2.45) is 11.7 Å². The Bertz CT molecular complexity index is 407. The quantitative estimate of drug-likeness (QED) is 0.597. The first-order chi connectivity index (χ1) is 8.58. The molecule has 18 heavy (non-hydrogen) atoms. The molecule has 0 aromatic heterocycles. The van der Waals surface area contributed by atoms with Crippen LogP contribution in [0.4, 0.5) is 5.69 Å². The molecule has 0 amide bonds. The Hall–Kier alpha value is -1.62. The van der Waals surface area contributed by atoms with Gasteiger partial charge in [0.05, 0.1) is 11.5 Å². The Balaban J connectivity index is 2.80. The lowest BCUT2D eigenvalue weighted by molar-refractivity contribution is -0.385. The molecule has 0 bridgehead atoms. The van der Waals surface area contributed by atoms with E-state index in [1.54, 1.807) is 12.1 Å². The van der Waals surface area contributed by atoms with Crippen LogP contribution in [0.25, 0.3) is 0 Å². The number of hydrogen-bond donors (Lipinski definition) is 1. The molecular formula is C13H20N2O3. The van der Waals surface area contributed by atoms with Crippen LogP contribution in [0, 0.1) is 16.0 Å². The average Bonchev–Trinajstić information content (AvgIpc) is 2.36. The summed E-state index contributed by atoms with van der Waals surface area (Å²) in [6.07, 6.45) is 2.12. The van der Waals surface area contributed by atoms with Gasteiger partial charge in [-0.25, -0.2) is 0 Å². The molecule has 0 spiro atoms. The maximum atomic E-state index is 10.9. The van der Waals surface area contributed by atoms with Crippen LogP contribution >= 0.6 is 0 Å². The zero-order valence-electron chi connectivity index (χ0n) is 10.9. The number of ether oxygens (including phenoxy) is 1. The van der Waals surface area contributed by atoms with Crippen LogP contribution in [0.15, 0.2) is 18.2 Å². The van der Waals surface area contributed by atoms with Crippen molar-refractivity contribution < 1.29 is 9.66 Å². The molecule has 0 radical (unpaired) electrons. The first-order valence-electron chi connectivity index (χ1n) is 6.18. The number of rotatable bonds is 7. The zero-order valence-corrected chi connectivity index (χ0v) is 10.9. The lowest BCUT2D eigenvalue weighted by Crippen LogP contribution is -2.10. The summed E-state index contributed by atoms with van der Waals surface area (Å²) in [7, 11) is 0. The van der Waals surface area contributed by atoms with E-state index < -0.39 is 4.92 Å². The van der Waals surface area contributed by atoms with E-state index in [2.05, 4.69) is 13.8 Å². The van der Waals surface area contributed by atoms with Gasteiger partial charge in [0, 0.05) is 12.6 Å². The molecule has 1 unspecified atom stereocenters. The Kier molecular flexibility index (Phi) is 5.58. The predicted octanol–water partition coefficient (Wildman–Crippen LogP) is 2.87. The summed E-state index contributed by atoms with van der Waals surface area (Å²) in [5, 5.41) is 10.9. The van der Waals surface area contributed by atoms with Crippen LogP contribution in [-0.2, 0) is 6.54 Å². The van der Waals surface area contributed by atoms with Crippen molar-refractivity contribution in [1.29, 1.82) is 0 Å². The number of nitrogens with zero attached hydrogens (tertiary/aromatic N) is 1. The van der Waals surface area contributed by atoms with Gasteiger partial charge in [0.2, 0.25) is 0 Å². The molecule has 1 aromatic carbocycles. The minimum Gasteiger partial charge on any atom is -0.487 e. The molecule has 5 nitrogen and oxygen atoms in total. The maximum absolute atomic E-state index is 10.9. The standard InChI is InChI=1S/C13H20N2O3/c1-3-4-10(2)9-18-13-7-11(8-14)5-6-12(13)15(16)17/h5-7,10H,3-4,8-9,14H2,1-2H3. The van der Waals surface area contributed by atoms with Crippen LogP contribution < -0.4 is 10.5 Å². The van der Waals surface area contributed by atoms with E-state index in [0.717, 1.165) is 18.4 Å². The van der Waals surface area contributed by atoms with Crippen LogP contribution in [0.1, 0.15) is 32.3 Å². The molecule has 0 aliphatic carbocycles. The molecule has 100 valence electrons. The van der Waals surface area contributed by atoms with Crippen LogP contribution in [0.2, 0.25) is 0 Å². The van der Waals surface area contributed by atoms with Gasteiger partial charge in [-0.2, -0.15) is 0 Å². The van der Waals surface area contributed by atoms with E-state index in [1.165, 1.54) is 6.07 Å². The fourth-order valence-electron chi connectivity index (χ4n) is 1.76. The van der Waals surface area contributed by atoms with Crippen molar-refractivity contribution in [1.82, 2.24) is 0 Å². The van der Waals surface area contributed by atoms with Gasteiger partial charge >= 0.3 is 5.69 Å². The van der Waals surface area contributed by atoms with Crippen LogP contribution in [-0.4, -0.2) is 11.5 Å². The second-order valence-electron chi connectivity index (χ2n) is 4.47. The van der Waals surface area contributed by atoms with Gasteiger partial charge in [0.1, 0.15) is 0 Å². The third kappa shape index (κ3) is 4.00. The highest BCUT2D eigenvalue weighted by Gasteiger charge is 2.16. The first kappa shape index (κ1) is 14.4. The van der Waals surface area contributed by atoms with Crippen molar-refractivity contribution >= 4 is 5.69 Å². The van der Waals surface area contributed by atoms with E-state index in [1.807, 2.05) is 0 Å². The van der Waals surface area contributed by atoms with Crippen molar-refractivity contribution in [2.45, 2.75) is 33.2 Å². The van der Waals surface area contributed by atoms with E-state index in [4.69, 9.17) is 10.5 Å². The molecule has 0 heterocycles. The van der Waals surface area contributed by atoms with Gasteiger partial charge < -0.3 is 10.5 Å². The summed E-state index contributed by atoms with van der Waals surface area (Å²) in [5.41, 5.74) is 6.35. The summed E-state index contributed by atoms with van der Waals surface area (Å²) < 4.78 is 5.56. The topological polar surface area (TPSA) is 78.4 Å². The summed E-state index contributed by atoms with van der Waals surface area (Å²) in [5.74, 6) is 0.696. The number of benzene rings is 1. The Morgan fingerprint density at radius 2 is 2.22 bits per heavy atom. The Morgan fingerprint density at radius 1 is 1.50 bits per heavy atom. The van der Waals surface area contributed by atoms with E-state index in [0.29, 0.717) is 24.8 Å². The summed E-state index contributed by atoms with van der Waals surface area (Å²) >= 11 is 0.